The second-order valence-corrected chi connectivity index (χ2v) is 24.3. The summed E-state index contributed by atoms with van der Waals surface area (Å²) in [6.45, 7) is 7.58. The number of nitrogens with one attached hydrogen (secondary N) is 1. The van der Waals surface area contributed by atoms with E-state index in [0.29, 0.717) is 27.1 Å². The Morgan fingerprint density at radius 2 is 1.33 bits per heavy atom. The van der Waals surface area contributed by atoms with E-state index in [1.165, 1.54) is 0 Å². The van der Waals surface area contributed by atoms with Crippen LogP contribution in [0.5, 0.6) is 0 Å². The number of hydrogen-bond donors (Lipinski definition) is 1. The first-order valence-electron chi connectivity index (χ1n) is 8.83. The molecule has 33 heavy (non-hydrogen) atoms. The summed E-state index contributed by atoms with van der Waals surface area (Å²) in [5.41, 5.74) is 0. The van der Waals surface area contributed by atoms with Gasteiger partial charge in [0.1, 0.15) is 21.3 Å². The van der Waals surface area contributed by atoms with Crippen molar-refractivity contribution in [3.8, 4) is 0 Å². The number of carbonyl (C=O) groups is 1. The van der Waals surface area contributed by atoms with Crippen molar-refractivity contribution >= 4 is 117 Å². The Balaban J connectivity index is 0. The fourth-order valence-electron chi connectivity index (χ4n) is 1.45. The zero-order valence-electron chi connectivity index (χ0n) is 17.3. The van der Waals surface area contributed by atoms with Gasteiger partial charge in [0.15, 0.2) is 5.82 Å². The van der Waals surface area contributed by atoms with Gasteiger partial charge in [-0.2, -0.15) is 0 Å². The zero-order valence-corrected chi connectivity index (χ0v) is 24.3. The molecule has 0 fully saturated rings. The molecular weight excluding hydrogens is 615 g/mol. The van der Waals surface area contributed by atoms with Crippen molar-refractivity contribution in [2.45, 2.75) is 35.1 Å². The van der Waals surface area contributed by atoms with Crippen LogP contribution < -0.4 is 5.32 Å². The average molecular weight is 640 g/mol. The van der Waals surface area contributed by atoms with E-state index in [1.807, 2.05) is 27.7 Å². The number of rotatable bonds is 4. The van der Waals surface area contributed by atoms with E-state index in [-0.39, 0.29) is 25.2 Å². The quantitative estimate of drug-likeness (QED) is 0.206. The Morgan fingerprint density at radius 1 is 0.879 bits per heavy atom. The molecule has 0 aromatic carbocycles. The summed E-state index contributed by atoms with van der Waals surface area (Å²) < 4.78 is -3.69. The van der Waals surface area contributed by atoms with Gasteiger partial charge >= 0.3 is 59.6 Å². The van der Waals surface area contributed by atoms with Gasteiger partial charge in [0.05, 0.1) is 0 Å². The second kappa shape index (κ2) is 16.0. The van der Waals surface area contributed by atoms with Crippen LogP contribution in [0.2, 0.25) is 10.3 Å². The van der Waals surface area contributed by atoms with Gasteiger partial charge in [0, 0.05) is 11.8 Å². The molecule has 0 aliphatic heterocycles. The maximum atomic E-state index is 11.2. The molecule has 0 atom stereocenters. The molecular formula is C19H25Cl8N4OP. The van der Waals surface area contributed by atoms with Crippen molar-refractivity contribution in [1.29, 1.82) is 0 Å². The predicted molar refractivity (Wildman–Crippen MR) is 153 cm³/mol. The van der Waals surface area contributed by atoms with Crippen LogP contribution in [0.3, 0.4) is 0 Å². The number of pyridine rings is 2. The molecule has 0 saturated carbocycles. The average Bonchev–Trinajstić information content (AvgIpc) is 2.60. The van der Waals surface area contributed by atoms with Crippen molar-refractivity contribution < 1.29 is 4.79 Å². The molecule has 1 N–H and O–H groups in total. The molecule has 0 radical (unpaired) electrons. The summed E-state index contributed by atoms with van der Waals surface area (Å²) in [4.78, 5) is 23.3. The number of amides is 1. The molecule has 0 bridgehead atoms. The number of hydrogen-bond acceptors (Lipinski definition) is 4. The Morgan fingerprint density at radius 3 is 1.73 bits per heavy atom. The van der Waals surface area contributed by atoms with Crippen LogP contribution in [-0.2, 0) is 4.79 Å². The van der Waals surface area contributed by atoms with E-state index in [1.54, 1.807) is 36.4 Å². The van der Waals surface area contributed by atoms with Crippen molar-refractivity contribution in [3.05, 3.63) is 46.7 Å². The fourth-order valence-corrected chi connectivity index (χ4v) is 1.86. The normalized spacial score (nSPS) is 12.3. The van der Waals surface area contributed by atoms with Crippen LogP contribution in [0, 0.1) is 11.8 Å². The minimum absolute atomic E-state index is 0. The van der Waals surface area contributed by atoms with E-state index >= 15 is 0 Å². The van der Waals surface area contributed by atoms with Crippen LogP contribution in [-0.4, -0.2) is 21.0 Å². The van der Waals surface area contributed by atoms with Gasteiger partial charge in [-0.1, -0.05) is 82.1 Å². The third-order valence-electron chi connectivity index (χ3n) is 2.89. The first-order chi connectivity index (χ1) is 14.4. The van der Waals surface area contributed by atoms with E-state index < -0.39 is 3.37 Å². The zero-order chi connectivity index (χ0) is 25.1. The van der Waals surface area contributed by atoms with Crippen molar-refractivity contribution in [1.82, 2.24) is 9.97 Å². The minimum atomic E-state index is -3.69. The summed E-state index contributed by atoms with van der Waals surface area (Å²) in [5, 5.41) is 3.99. The first-order valence-corrected chi connectivity index (χ1v) is 16.7. The Labute approximate surface area is 234 Å². The van der Waals surface area contributed by atoms with Gasteiger partial charge < -0.3 is 5.32 Å². The molecule has 0 aliphatic rings. The third kappa shape index (κ3) is 22.4. The van der Waals surface area contributed by atoms with Crippen molar-refractivity contribution in [2.75, 3.05) is 5.32 Å². The third-order valence-corrected chi connectivity index (χ3v) is 3.83. The summed E-state index contributed by atoms with van der Waals surface area (Å²) in [6, 6.07) is 10.4. The van der Waals surface area contributed by atoms with Gasteiger partial charge in [0.2, 0.25) is 5.91 Å². The number of aromatic nitrogens is 2. The Hall–Kier alpha value is 0.190. The van der Waals surface area contributed by atoms with E-state index in [2.05, 4.69) is 20.3 Å². The summed E-state index contributed by atoms with van der Waals surface area (Å²) in [6.07, 6.45) is 0. The molecule has 0 saturated heterocycles. The van der Waals surface area contributed by atoms with Gasteiger partial charge in [-0.05, 0) is 24.3 Å². The summed E-state index contributed by atoms with van der Waals surface area (Å²) in [5.74, 6) is 1.13. The van der Waals surface area contributed by atoms with Crippen molar-refractivity contribution in [3.63, 3.8) is 0 Å². The molecule has 2 rings (SSSR count). The molecule has 1 amide bonds. The molecule has 0 unspecified atom stereocenters. The standard InChI is InChI=1S/C9H10Cl2N2.C9H11ClN2O.CH4.Cl5P/c1-6(2)9(11)13-8-5-3-4-7(10)12-8;1-6(2)9(13)12-8-5-3-4-7(10)11-8;;1-6(2,3,4)5/h3-6H,1-2H3;3-6H,1-2H3,(H,11,12,13);1H4;. The van der Waals surface area contributed by atoms with Gasteiger partial charge in [-0.25, -0.2) is 15.0 Å². The Kier molecular flexibility index (Phi) is 17.2. The molecule has 5 nitrogen and oxygen atoms in total. The van der Waals surface area contributed by atoms with Crippen LogP contribution in [0.4, 0.5) is 11.6 Å². The summed E-state index contributed by atoms with van der Waals surface area (Å²) in [7, 11) is 0. The van der Waals surface area contributed by atoms with E-state index in [9.17, 15) is 4.79 Å². The molecule has 188 valence electrons. The van der Waals surface area contributed by atoms with Crippen LogP contribution >= 0.6 is 94.4 Å². The van der Waals surface area contributed by atoms with Crippen molar-refractivity contribution in [2.24, 2.45) is 16.8 Å². The topological polar surface area (TPSA) is 67.2 Å². The Bertz CT molecular complexity index is 901. The molecule has 2 heterocycles. The maximum absolute atomic E-state index is 11.2. The molecule has 2 aromatic rings. The van der Waals surface area contributed by atoms with E-state index in [0.717, 1.165) is 0 Å². The van der Waals surface area contributed by atoms with Crippen LogP contribution in [0.25, 0.3) is 0 Å². The predicted octanol–water partition coefficient (Wildman–Crippen LogP) is 10.9. The SMILES string of the molecule is C.CC(C)C(=O)Nc1cccc(Cl)n1.CC(C)C(Cl)=Nc1cccc(Cl)n1.ClP(Cl)(Cl)(Cl)Cl. The molecule has 0 spiro atoms. The molecule has 14 heteroatoms. The second-order valence-electron chi connectivity index (χ2n) is 6.54. The number of anilines is 1. The van der Waals surface area contributed by atoms with Crippen LogP contribution in [0.1, 0.15) is 35.1 Å². The molecule has 2 aromatic heterocycles. The summed E-state index contributed by atoms with van der Waals surface area (Å²) >= 11 is 42.1. The number of halogens is 8. The number of carbonyl (C=O) groups excluding carboxylic acids is 1. The van der Waals surface area contributed by atoms with Gasteiger partial charge in [0.25, 0.3) is 0 Å². The molecule has 0 aliphatic carbocycles. The number of aliphatic imine (C=N–C) groups is 1. The van der Waals surface area contributed by atoms with E-state index in [4.69, 9.17) is 91.0 Å². The van der Waals surface area contributed by atoms with Gasteiger partial charge in [-0.15, -0.1) is 0 Å². The van der Waals surface area contributed by atoms with Gasteiger partial charge in [-0.3, -0.25) is 4.79 Å². The van der Waals surface area contributed by atoms with Crippen LogP contribution in [0.15, 0.2) is 41.4 Å². The first kappa shape index (κ1) is 35.4. The monoisotopic (exact) mass is 636 g/mol. The fraction of sp³-hybridized carbons (Fsp3) is 0.368. The number of nitrogens with zero attached hydrogens (tertiary/aromatic N) is 3.